The van der Waals surface area contributed by atoms with Crippen molar-refractivity contribution >= 4 is 5.91 Å². The molecule has 0 aliphatic carbocycles. The van der Waals surface area contributed by atoms with Gasteiger partial charge >= 0.3 is 0 Å². The molecular formula is C10H23N3O. The quantitative estimate of drug-likeness (QED) is 0.491. The van der Waals surface area contributed by atoms with E-state index in [-0.39, 0.29) is 5.91 Å². The Labute approximate surface area is 86.4 Å². The number of carbonyl (C=O) groups is 1. The highest BCUT2D eigenvalue weighted by Gasteiger charge is 2.04. The van der Waals surface area contributed by atoms with Crippen LogP contribution in [0.3, 0.4) is 0 Å². The second kappa shape index (κ2) is 8.97. The Bertz CT molecular complexity index is 150. The van der Waals surface area contributed by atoms with E-state index in [0.717, 1.165) is 25.8 Å². The second-order valence-electron chi connectivity index (χ2n) is 3.73. The number of carbonyl (C=O) groups excluding carboxylic acids is 1. The summed E-state index contributed by atoms with van der Waals surface area (Å²) in [7, 11) is 0. The fraction of sp³-hybridized carbons (Fsp3) is 0.900. The monoisotopic (exact) mass is 201 g/mol. The molecule has 1 atom stereocenters. The SMILES string of the molecule is CC(CN)CCC(=O)NCCCCN. The predicted octanol–water partition coefficient (Wildman–Crippen LogP) is 0.217. The Kier molecular flexibility index (Phi) is 8.57. The zero-order valence-corrected chi connectivity index (χ0v) is 9.09. The van der Waals surface area contributed by atoms with Gasteiger partial charge in [-0.1, -0.05) is 6.92 Å². The van der Waals surface area contributed by atoms with Gasteiger partial charge in [0.1, 0.15) is 0 Å². The van der Waals surface area contributed by atoms with Crippen LogP contribution in [-0.2, 0) is 4.79 Å². The molecule has 0 saturated heterocycles. The molecule has 0 aliphatic rings. The first-order chi connectivity index (χ1) is 6.70. The van der Waals surface area contributed by atoms with Crippen LogP contribution in [0.5, 0.6) is 0 Å². The third kappa shape index (κ3) is 8.01. The molecule has 0 spiro atoms. The number of hydrogen-bond acceptors (Lipinski definition) is 3. The molecule has 5 N–H and O–H groups in total. The van der Waals surface area contributed by atoms with E-state index in [9.17, 15) is 4.79 Å². The Balaban J connectivity index is 3.28. The smallest absolute Gasteiger partial charge is 0.220 e. The van der Waals surface area contributed by atoms with Crippen molar-refractivity contribution in [2.45, 2.75) is 32.6 Å². The number of rotatable bonds is 8. The standard InChI is InChI=1S/C10H23N3O/c1-9(8-12)4-5-10(14)13-7-3-2-6-11/h9H,2-8,11-12H2,1H3,(H,13,14). The minimum Gasteiger partial charge on any atom is -0.356 e. The van der Waals surface area contributed by atoms with Crippen molar-refractivity contribution in [2.24, 2.45) is 17.4 Å². The van der Waals surface area contributed by atoms with Gasteiger partial charge in [0.2, 0.25) is 5.91 Å². The fourth-order valence-electron chi connectivity index (χ4n) is 1.08. The highest BCUT2D eigenvalue weighted by atomic mass is 16.1. The molecule has 84 valence electrons. The van der Waals surface area contributed by atoms with Crippen molar-refractivity contribution in [2.75, 3.05) is 19.6 Å². The molecule has 0 saturated carbocycles. The summed E-state index contributed by atoms with van der Waals surface area (Å²) in [6, 6.07) is 0. The van der Waals surface area contributed by atoms with Crippen LogP contribution >= 0.6 is 0 Å². The molecule has 0 bridgehead atoms. The van der Waals surface area contributed by atoms with Crippen LogP contribution in [0.4, 0.5) is 0 Å². The summed E-state index contributed by atoms with van der Waals surface area (Å²) >= 11 is 0. The normalized spacial score (nSPS) is 12.5. The van der Waals surface area contributed by atoms with Gasteiger partial charge in [-0.15, -0.1) is 0 Å². The molecule has 0 aliphatic heterocycles. The summed E-state index contributed by atoms with van der Waals surface area (Å²) in [5.74, 6) is 0.562. The largest absolute Gasteiger partial charge is 0.356 e. The van der Waals surface area contributed by atoms with Gasteiger partial charge < -0.3 is 16.8 Å². The van der Waals surface area contributed by atoms with Crippen molar-refractivity contribution < 1.29 is 4.79 Å². The second-order valence-corrected chi connectivity index (χ2v) is 3.73. The first-order valence-electron chi connectivity index (χ1n) is 5.37. The molecule has 0 heterocycles. The molecule has 4 nitrogen and oxygen atoms in total. The van der Waals surface area contributed by atoms with Crippen LogP contribution in [0, 0.1) is 5.92 Å². The maximum absolute atomic E-state index is 11.2. The van der Waals surface area contributed by atoms with Crippen molar-refractivity contribution in [1.29, 1.82) is 0 Å². The summed E-state index contributed by atoms with van der Waals surface area (Å²) in [6.45, 7) is 4.15. The average molecular weight is 201 g/mol. The molecule has 1 unspecified atom stereocenters. The van der Waals surface area contributed by atoms with Crippen LogP contribution < -0.4 is 16.8 Å². The van der Waals surface area contributed by atoms with Crippen molar-refractivity contribution in [1.82, 2.24) is 5.32 Å². The van der Waals surface area contributed by atoms with Gasteiger partial charge in [-0.2, -0.15) is 0 Å². The number of hydrogen-bond donors (Lipinski definition) is 3. The minimum atomic E-state index is 0.127. The lowest BCUT2D eigenvalue weighted by Gasteiger charge is -2.08. The molecule has 0 aromatic rings. The van der Waals surface area contributed by atoms with Gasteiger partial charge in [-0.05, 0) is 38.3 Å². The maximum Gasteiger partial charge on any atom is 0.220 e. The van der Waals surface area contributed by atoms with E-state index in [1.165, 1.54) is 0 Å². The highest BCUT2D eigenvalue weighted by Crippen LogP contribution is 2.02. The summed E-state index contributed by atoms with van der Waals surface area (Å²) in [4.78, 5) is 11.2. The fourth-order valence-corrected chi connectivity index (χ4v) is 1.08. The number of unbranched alkanes of at least 4 members (excludes halogenated alkanes) is 1. The summed E-state index contributed by atoms with van der Waals surface area (Å²) in [6.07, 6.45) is 3.40. The van der Waals surface area contributed by atoms with E-state index in [4.69, 9.17) is 11.5 Å². The predicted molar refractivity (Wildman–Crippen MR) is 58.8 cm³/mol. The topological polar surface area (TPSA) is 81.1 Å². The van der Waals surface area contributed by atoms with Crippen LogP contribution in [0.2, 0.25) is 0 Å². The van der Waals surface area contributed by atoms with Crippen molar-refractivity contribution in [3.05, 3.63) is 0 Å². The number of nitrogens with one attached hydrogen (secondary N) is 1. The Morgan fingerprint density at radius 3 is 2.64 bits per heavy atom. The van der Waals surface area contributed by atoms with E-state index in [1.54, 1.807) is 0 Å². The maximum atomic E-state index is 11.2. The molecule has 1 amide bonds. The van der Waals surface area contributed by atoms with E-state index in [1.807, 2.05) is 0 Å². The summed E-state index contributed by atoms with van der Waals surface area (Å²) < 4.78 is 0. The molecule has 0 aromatic carbocycles. The Hall–Kier alpha value is -0.610. The molecule has 14 heavy (non-hydrogen) atoms. The summed E-state index contributed by atoms with van der Waals surface area (Å²) in [5, 5.41) is 2.86. The van der Waals surface area contributed by atoms with Gasteiger partial charge in [0.05, 0.1) is 0 Å². The van der Waals surface area contributed by atoms with Gasteiger partial charge in [-0.3, -0.25) is 4.79 Å². The molecule has 0 rings (SSSR count). The molecular weight excluding hydrogens is 178 g/mol. The Morgan fingerprint density at radius 1 is 1.36 bits per heavy atom. The van der Waals surface area contributed by atoms with Gasteiger partial charge in [0.15, 0.2) is 0 Å². The zero-order valence-electron chi connectivity index (χ0n) is 9.09. The van der Waals surface area contributed by atoms with E-state index in [2.05, 4.69) is 12.2 Å². The minimum absolute atomic E-state index is 0.127. The van der Waals surface area contributed by atoms with Crippen LogP contribution in [0.25, 0.3) is 0 Å². The Morgan fingerprint density at radius 2 is 2.07 bits per heavy atom. The van der Waals surface area contributed by atoms with Gasteiger partial charge in [-0.25, -0.2) is 0 Å². The lowest BCUT2D eigenvalue weighted by molar-refractivity contribution is -0.121. The van der Waals surface area contributed by atoms with E-state index < -0.39 is 0 Å². The lowest BCUT2D eigenvalue weighted by atomic mass is 10.1. The van der Waals surface area contributed by atoms with E-state index >= 15 is 0 Å². The third-order valence-electron chi connectivity index (χ3n) is 2.22. The molecule has 0 aromatic heterocycles. The highest BCUT2D eigenvalue weighted by molar-refractivity contribution is 5.75. The molecule has 4 heteroatoms. The van der Waals surface area contributed by atoms with Gasteiger partial charge in [0, 0.05) is 13.0 Å². The lowest BCUT2D eigenvalue weighted by Crippen LogP contribution is -2.25. The van der Waals surface area contributed by atoms with Crippen molar-refractivity contribution in [3.63, 3.8) is 0 Å². The average Bonchev–Trinajstić information content (AvgIpc) is 2.21. The molecule has 0 radical (unpaired) electrons. The summed E-state index contributed by atoms with van der Waals surface area (Å²) in [5.41, 5.74) is 10.8. The van der Waals surface area contributed by atoms with Gasteiger partial charge in [0.25, 0.3) is 0 Å². The zero-order chi connectivity index (χ0) is 10.8. The first kappa shape index (κ1) is 13.4. The van der Waals surface area contributed by atoms with Crippen LogP contribution in [-0.4, -0.2) is 25.5 Å². The number of nitrogens with two attached hydrogens (primary N) is 2. The third-order valence-corrected chi connectivity index (χ3v) is 2.22. The molecule has 0 fully saturated rings. The van der Waals surface area contributed by atoms with Crippen LogP contribution in [0.15, 0.2) is 0 Å². The van der Waals surface area contributed by atoms with Crippen LogP contribution in [0.1, 0.15) is 32.6 Å². The van der Waals surface area contributed by atoms with E-state index in [0.29, 0.717) is 25.4 Å². The first-order valence-corrected chi connectivity index (χ1v) is 5.37. The van der Waals surface area contributed by atoms with Crippen molar-refractivity contribution in [3.8, 4) is 0 Å². The number of amides is 1.